The number of aromatic nitrogens is 2. The van der Waals surface area contributed by atoms with Crippen molar-refractivity contribution >= 4 is 23.5 Å². The van der Waals surface area contributed by atoms with Crippen LogP contribution in [0.25, 0.3) is 0 Å². The zero-order chi connectivity index (χ0) is 19.3. The van der Waals surface area contributed by atoms with Crippen molar-refractivity contribution in [1.29, 1.82) is 0 Å². The fraction of sp³-hybridized carbons (Fsp3) is 0.421. The number of benzene rings is 1. The van der Waals surface area contributed by atoms with Gasteiger partial charge in [-0.1, -0.05) is 29.8 Å². The van der Waals surface area contributed by atoms with Gasteiger partial charge in [0.1, 0.15) is 0 Å². The van der Waals surface area contributed by atoms with E-state index in [9.17, 15) is 9.59 Å². The average Bonchev–Trinajstić information content (AvgIpc) is 2.84. The van der Waals surface area contributed by atoms with Gasteiger partial charge in [0.25, 0.3) is 5.91 Å². The van der Waals surface area contributed by atoms with Crippen LogP contribution in [0, 0.1) is 13.8 Å². The van der Waals surface area contributed by atoms with Gasteiger partial charge < -0.3 is 10.1 Å². The molecule has 0 radical (unpaired) electrons. The van der Waals surface area contributed by atoms with Crippen LogP contribution in [-0.4, -0.2) is 27.8 Å². The second-order valence-electron chi connectivity index (χ2n) is 6.21. The van der Waals surface area contributed by atoms with Crippen molar-refractivity contribution in [2.24, 2.45) is 7.05 Å². The molecule has 0 aliphatic heterocycles. The molecular formula is C19H24ClN3O3. The smallest absolute Gasteiger partial charge is 0.306 e. The number of esters is 1. The van der Waals surface area contributed by atoms with Crippen LogP contribution in [0.5, 0.6) is 0 Å². The molecule has 1 atom stereocenters. The van der Waals surface area contributed by atoms with Crippen molar-refractivity contribution in [3.8, 4) is 0 Å². The quantitative estimate of drug-likeness (QED) is 0.753. The van der Waals surface area contributed by atoms with E-state index in [1.807, 2.05) is 39.1 Å². The highest BCUT2D eigenvalue weighted by atomic mass is 35.5. The van der Waals surface area contributed by atoms with Crippen LogP contribution in [0.15, 0.2) is 24.3 Å². The SMILES string of the molecule is Cc1nn(C)c(C)c1CCC(=O)OC(C)C(=O)NCc1ccccc1Cl. The van der Waals surface area contributed by atoms with Crippen LogP contribution in [-0.2, 0) is 34.3 Å². The van der Waals surface area contributed by atoms with Gasteiger partial charge in [0.15, 0.2) is 6.10 Å². The monoisotopic (exact) mass is 377 g/mol. The maximum absolute atomic E-state index is 12.1. The summed E-state index contributed by atoms with van der Waals surface area (Å²) < 4.78 is 7.02. The standard InChI is InChI=1S/C19H24ClN3O3/c1-12-16(13(2)23(4)22-12)9-10-18(24)26-14(3)19(25)21-11-15-7-5-6-8-17(15)20/h5-8,14H,9-11H2,1-4H3,(H,21,25). The molecule has 2 rings (SSSR count). The van der Waals surface area contributed by atoms with Gasteiger partial charge in [-0.2, -0.15) is 5.10 Å². The number of aryl methyl sites for hydroxylation is 2. The number of carbonyl (C=O) groups is 2. The second kappa shape index (κ2) is 8.85. The molecule has 1 amide bonds. The summed E-state index contributed by atoms with van der Waals surface area (Å²) in [6.07, 6.45) is -0.116. The molecule has 1 N–H and O–H groups in total. The van der Waals surface area contributed by atoms with Crippen molar-refractivity contribution in [3.63, 3.8) is 0 Å². The molecule has 6 nitrogen and oxygen atoms in total. The predicted octanol–water partition coefficient (Wildman–Crippen LogP) is 2.87. The molecule has 7 heteroatoms. The number of nitrogens with one attached hydrogen (secondary N) is 1. The minimum atomic E-state index is -0.860. The van der Waals surface area contributed by atoms with Crippen LogP contribution in [0.1, 0.15) is 35.9 Å². The Kier molecular flexibility index (Phi) is 6.80. The first kappa shape index (κ1) is 20.0. The molecule has 1 unspecified atom stereocenters. The minimum absolute atomic E-state index is 0.204. The van der Waals surface area contributed by atoms with Gasteiger partial charge in [0, 0.05) is 30.7 Å². The van der Waals surface area contributed by atoms with Crippen molar-refractivity contribution in [3.05, 3.63) is 51.8 Å². The number of amides is 1. The van der Waals surface area contributed by atoms with E-state index < -0.39 is 12.1 Å². The third-order valence-electron chi connectivity index (χ3n) is 4.33. The average molecular weight is 378 g/mol. The summed E-state index contributed by atoms with van der Waals surface area (Å²) in [5.41, 5.74) is 3.79. The maximum atomic E-state index is 12.1. The molecule has 1 heterocycles. The molecule has 1 aromatic carbocycles. The zero-order valence-electron chi connectivity index (χ0n) is 15.5. The minimum Gasteiger partial charge on any atom is -0.453 e. The Morgan fingerprint density at radius 3 is 2.62 bits per heavy atom. The summed E-state index contributed by atoms with van der Waals surface area (Å²) in [6, 6.07) is 7.26. The number of halogens is 1. The van der Waals surface area contributed by atoms with Crippen molar-refractivity contribution < 1.29 is 14.3 Å². The van der Waals surface area contributed by atoms with Crippen LogP contribution in [0.2, 0.25) is 5.02 Å². The molecule has 0 aliphatic carbocycles. The van der Waals surface area contributed by atoms with Gasteiger partial charge in [-0.05, 0) is 44.4 Å². The molecule has 2 aromatic rings. The van der Waals surface area contributed by atoms with E-state index in [4.69, 9.17) is 16.3 Å². The van der Waals surface area contributed by atoms with Crippen LogP contribution in [0.3, 0.4) is 0 Å². The molecule has 26 heavy (non-hydrogen) atoms. The van der Waals surface area contributed by atoms with Gasteiger partial charge in [-0.3, -0.25) is 14.3 Å². The van der Waals surface area contributed by atoms with Crippen molar-refractivity contribution in [2.45, 2.75) is 46.3 Å². The number of hydrogen-bond donors (Lipinski definition) is 1. The lowest BCUT2D eigenvalue weighted by atomic mass is 10.1. The number of rotatable bonds is 7. The molecule has 0 bridgehead atoms. The van der Waals surface area contributed by atoms with E-state index >= 15 is 0 Å². The topological polar surface area (TPSA) is 73.2 Å². The molecule has 1 aromatic heterocycles. The van der Waals surface area contributed by atoms with E-state index in [1.54, 1.807) is 17.7 Å². The van der Waals surface area contributed by atoms with Gasteiger partial charge in [0.05, 0.1) is 5.69 Å². The summed E-state index contributed by atoms with van der Waals surface area (Å²) in [5.74, 6) is -0.764. The predicted molar refractivity (Wildman–Crippen MR) is 99.9 cm³/mol. The van der Waals surface area contributed by atoms with Crippen LogP contribution < -0.4 is 5.32 Å². The fourth-order valence-electron chi connectivity index (χ4n) is 2.68. The fourth-order valence-corrected chi connectivity index (χ4v) is 2.89. The largest absolute Gasteiger partial charge is 0.453 e. The summed E-state index contributed by atoms with van der Waals surface area (Å²) in [5, 5.41) is 7.64. The van der Waals surface area contributed by atoms with E-state index in [1.165, 1.54) is 0 Å². The summed E-state index contributed by atoms with van der Waals surface area (Å²) in [6.45, 7) is 5.72. The van der Waals surface area contributed by atoms with Crippen molar-refractivity contribution in [2.75, 3.05) is 0 Å². The first-order chi connectivity index (χ1) is 12.3. The van der Waals surface area contributed by atoms with E-state index in [0.29, 0.717) is 11.4 Å². The van der Waals surface area contributed by atoms with Crippen LogP contribution >= 0.6 is 11.6 Å². The van der Waals surface area contributed by atoms with Crippen LogP contribution in [0.4, 0.5) is 0 Å². The summed E-state index contributed by atoms with van der Waals surface area (Å²) in [7, 11) is 1.87. The maximum Gasteiger partial charge on any atom is 0.306 e. The lowest BCUT2D eigenvalue weighted by Crippen LogP contribution is -2.35. The van der Waals surface area contributed by atoms with E-state index in [-0.39, 0.29) is 18.9 Å². The first-order valence-corrected chi connectivity index (χ1v) is 8.87. The number of nitrogens with zero attached hydrogens (tertiary/aromatic N) is 2. The Labute approximate surface area is 158 Å². The third kappa shape index (κ3) is 5.08. The van der Waals surface area contributed by atoms with Gasteiger partial charge in [-0.25, -0.2) is 0 Å². The molecule has 140 valence electrons. The first-order valence-electron chi connectivity index (χ1n) is 8.49. The lowest BCUT2D eigenvalue weighted by Gasteiger charge is -2.14. The number of hydrogen-bond acceptors (Lipinski definition) is 4. The van der Waals surface area contributed by atoms with E-state index in [0.717, 1.165) is 22.5 Å². The normalized spacial score (nSPS) is 11.9. The highest BCUT2D eigenvalue weighted by Gasteiger charge is 2.19. The van der Waals surface area contributed by atoms with E-state index in [2.05, 4.69) is 10.4 Å². The molecule has 0 saturated heterocycles. The zero-order valence-corrected chi connectivity index (χ0v) is 16.3. The van der Waals surface area contributed by atoms with Gasteiger partial charge in [0.2, 0.25) is 0 Å². The second-order valence-corrected chi connectivity index (χ2v) is 6.62. The lowest BCUT2D eigenvalue weighted by molar-refractivity contribution is -0.154. The Balaban J connectivity index is 1.80. The highest BCUT2D eigenvalue weighted by Crippen LogP contribution is 2.15. The Hall–Kier alpha value is -2.34. The van der Waals surface area contributed by atoms with Crippen molar-refractivity contribution in [1.82, 2.24) is 15.1 Å². The number of ether oxygens (including phenoxy) is 1. The Bertz CT molecular complexity index is 801. The Morgan fingerprint density at radius 1 is 1.31 bits per heavy atom. The Morgan fingerprint density at radius 2 is 2.00 bits per heavy atom. The molecule has 0 fully saturated rings. The molecular weight excluding hydrogens is 354 g/mol. The third-order valence-corrected chi connectivity index (χ3v) is 4.70. The summed E-state index contributed by atoms with van der Waals surface area (Å²) >= 11 is 6.05. The molecule has 0 aliphatic rings. The highest BCUT2D eigenvalue weighted by molar-refractivity contribution is 6.31. The van der Waals surface area contributed by atoms with Gasteiger partial charge >= 0.3 is 5.97 Å². The molecule has 0 spiro atoms. The number of carbonyl (C=O) groups excluding carboxylic acids is 2. The summed E-state index contributed by atoms with van der Waals surface area (Å²) in [4.78, 5) is 24.1. The van der Waals surface area contributed by atoms with Gasteiger partial charge in [-0.15, -0.1) is 0 Å². The molecule has 0 saturated carbocycles.